The van der Waals surface area contributed by atoms with Crippen LogP contribution in [-0.4, -0.2) is 72.5 Å². The molecule has 0 aliphatic heterocycles. The number of allylic oxidation sites excluding steroid dienone is 2. The highest BCUT2D eigenvalue weighted by molar-refractivity contribution is 6.30. The van der Waals surface area contributed by atoms with E-state index in [4.69, 9.17) is 17.3 Å². The summed E-state index contributed by atoms with van der Waals surface area (Å²) in [6.45, 7) is 14.2. The average molecular weight is 894 g/mol. The number of hydrogen-bond acceptors (Lipinski definition) is 8. The fourth-order valence-electron chi connectivity index (χ4n) is 14.7. The molecular formula is C51H77ClN4O7. The number of Topliss-reactive ketones (excluding diaryl/α,β-unsaturated/α-hetero) is 2. The minimum absolute atomic E-state index is 0.0451. The molecule has 0 spiro atoms. The maximum absolute atomic E-state index is 14.1. The number of rotatable bonds is 14. The molecule has 6 aliphatic rings. The number of halogens is 1. The summed E-state index contributed by atoms with van der Waals surface area (Å²) in [4.78, 5) is 66.1. The number of nitrogens with one attached hydrogen (secondary N) is 3. The van der Waals surface area contributed by atoms with Gasteiger partial charge in [-0.1, -0.05) is 58.7 Å². The van der Waals surface area contributed by atoms with E-state index in [1.54, 1.807) is 24.3 Å². The Hall–Kier alpha value is -3.12. The summed E-state index contributed by atoms with van der Waals surface area (Å²) in [6, 6.07) is 6.24. The minimum Gasteiger partial charge on any atom is -0.481 e. The van der Waals surface area contributed by atoms with E-state index >= 15 is 0 Å². The molecule has 5 saturated carbocycles. The lowest BCUT2D eigenvalue weighted by Crippen LogP contribution is -2.60. The summed E-state index contributed by atoms with van der Waals surface area (Å²) < 4.78 is 0. The molecule has 350 valence electrons. The van der Waals surface area contributed by atoms with Gasteiger partial charge in [-0.3, -0.25) is 24.0 Å². The van der Waals surface area contributed by atoms with Crippen molar-refractivity contribution in [2.75, 3.05) is 27.2 Å². The van der Waals surface area contributed by atoms with Crippen LogP contribution in [0.25, 0.3) is 0 Å². The lowest BCUT2D eigenvalue weighted by Gasteiger charge is -2.67. The van der Waals surface area contributed by atoms with Gasteiger partial charge in [0.2, 0.25) is 5.72 Å². The molecule has 13 atom stereocenters. The molecule has 0 radical (unpaired) electrons. The summed E-state index contributed by atoms with van der Waals surface area (Å²) in [5.74, 6) is 0.657. The number of aliphatic hydroxyl groups is 1. The van der Waals surface area contributed by atoms with Crippen molar-refractivity contribution in [3.8, 4) is 0 Å². The van der Waals surface area contributed by atoms with Crippen molar-refractivity contribution in [3.63, 3.8) is 0 Å². The predicted molar refractivity (Wildman–Crippen MR) is 246 cm³/mol. The number of ketones is 2. The first-order chi connectivity index (χ1) is 29.7. The highest BCUT2D eigenvalue weighted by Crippen LogP contribution is 2.72. The molecule has 63 heavy (non-hydrogen) atoms. The van der Waals surface area contributed by atoms with Crippen molar-refractivity contribution < 1.29 is 34.2 Å². The highest BCUT2D eigenvalue weighted by Gasteiger charge is 2.65. The van der Waals surface area contributed by atoms with E-state index in [2.05, 4.69) is 50.6 Å². The van der Waals surface area contributed by atoms with E-state index in [-0.39, 0.29) is 70.6 Å². The van der Waals surface area contributed by atoms with E-state index in [9.17, 15) is 34.2 Å². The Labute approximate surface area is 381 Å². The Morgan fingerprint density at radius 2 is 1.56 bits per heavy atom. The number of aliphatic carboxylic acids is 1. The van der Waals surface area contributed by atoms with Gasteiger partial charge in [0.25, 0.3) is 11.8 Å². The topological polar surface area (TPSA) is 188 Å². The van der Waals surface area contributed by atoms with Gasteiger partial charge in [0.1, 0.15) is 5.78 Å². The standard InChI is InChI=1S/C49H70ClN3O7.C2H7N/c1-27(2)41-39(55)26-48(21-23-52-45(59)49(60,17-7-22-51)53-43(56)30-8-10-32(50)11-9-30)20-16-37-33(42(41)48)12-13-40-46(5)18-14-31(28(3)36(46)15-19-47(37,40)6)24-38(54)34-25-35(29(34)4)44(57)58;1-3-2/h8-11,27-29,31,33-37,40,60H,7,12-26,51H2,1-6H3,(H,52,59)(H,53,56)(H,57,58);3H,1-2H3. The fraction of sp³-hybridized carbons (Fsp3) is 0.745. The van der Waals surface area contributed by atoms with Crippen LogP contribution in [0.1, 0.15) is 142 Å². The largest absolute Gasteiger partial charge is 0.481 e. The zero-order valence-electron chi connectivity index (χ0n) is 39.3. The normalized spacial score (nSPS) is 36.6. The number of benzene rings is 1. The summed E-state index contributed by atoms with van der Waals surface area (Å²) in [5, 5.41) is 29.8. The van der Waals surface area contributed by atoms with E-state index < -0.39 is 29.4 Å². The van der Waals surface area contributed by atoms with E-state index in [1.165, 1.54) is 5.57 Å². The Bertz CT molecular complexity index is 1920. The molecule has 11 nitrogen and oxygen atoms in total. The molecule has 0 bridgehead atoms. The summed E-state index contributed by atoms with van der Waals surface area (Å²) in [6.07, 6.45) is 10.9. The van der Waals surface area contributed by atoms with Gasteiger partial charge in [-0.2, -0.15) is 0 Å². The third-order valence-corrected chi connectivity index (χ3v) is 18.2. The third-order valence-electron chi connectivity index (χ3n) is 17.9. The molecule has 7 rings (SSSR count). The van der Waals surface area contributed by atoms with Gasteiger partial charge in [-0.15, -0.1) is 0 Å². The second-order valence-electron chi connectivity index (χ2n) is 21.6. The first-order valence-electron chi connectivity index (χ1n) is 24.1. The molecule has 6 aliphatic carbocycles. The summed E-state index contributed by atoms with van der Waals surface area (Å²) in [5.41, 5.74) is 6.19. The number of carbonyl (C=O) groups is 5. The van der Waals surface area contributed by atoms with E-state index in [1.807, 2.05) is 21.0 Å². The lowest BCUT2D eigenvalue weighted by molar-refractivity contribution is -0.172. The first-order valence-corrected chi connectivity index (χ1v) is 24.5. The Balaban J connectivity index is 0.00000214. The number of carboxylic acids is 1. The molecule has 7 N–H and O–H groups in total. The number of hydrogen-bond donors (Lipinski definition) is 6. The zero-order valence-corrected chi connectivity index (χ0v) is 40.0. The van der Waals surface area contributed by atoms with E-state index in [0.717, 1.165) is 56.9 Å². The van der Waals surface area contributed by atoms with Gasteiger partial charge >= 0.3 is 5.97 Å². The lowest BCUT2D eigenvalue weighted by atomic mass is 9.37. The van der Waals surface area contributed by atoms with Crippen molar-refractivity contribution >= 4 is 41.0 Å². The van der Waals surface area contributed by atoms with Gasteiger partial charge in [-0.25, -0.2) is 0 Å². The summed E-state index contributed by atoms with van der Waals surface area (Å²) in [7, 11) is 3.75. The third kappa shape index (κ3) is 9.20. The van der Waals surface area contributed by atoms with E-state index in [0.29, 0.717) is 72.6 Å². The van der Waals surface area contributed by atoms with Crippen LogP contribution in [0.5, 0.6) is 0 Å². The highest BCUT2D eigenvalue weighted by atomic mass is 35.5. The molecule has 0 aromatic heterocycles. The summed E-state index contributed by atoms with van der Waals surface area (Å²) >= 11 is 6.01. The number of carboxylic acid groups (broad SMARTS) is 1. The van der Waals surface area contributed by atoms with Crippen molar-refractivity contribution in [3.05, 3.63) is 46.0 Å². The van der Waals surface area contributed by atoms with Crippen LogP contribution in [0, 0.1) is 75.4 Å². The molecule has 13 unspecified atom stereocenters. The van der Waals surface area contributed by atoms with Gasteiger partial charge < -0.3 is 31.9 Å². The van der Waals surface area contributed by atoms with Crippen LogP contribution >= 0.6 is 11.6 Å². The van der Waals surface area contributed by atoms with Crippen LogP contribution < -0.4 is 21.7 Å². The van der Waals surface area contributed by atoms with Gasteiger partial charge in [0, 0.05) is 47.7 Å². The molecule has 1 aromatic carbocycles. The van der Waals surface area contributed by atoms with Crippen LogP contribution in [-0.2, 0) is 19.2 Å². The zero-order chi connectivity index (χ0) is 46.2. The maximum Gasteiger partial charge on any atom is 0.306 e. The molecule has 2 amide bonds. The van der Waals surface area contributed by atoms with Crippen molar-refractivity contribution in [2.45, 2.75) is 137 Å². The SMILES string of the molecule is CC(C)C1=C2C3CCC4C(C)(CCC5C(C)C(CC(=O)C6CC(C(=O)O)C6C)CCC54C)C3CCC2(CCNC(=O)C(O)(CCCN)NC(=O)c2ccc(Cl)cc2)CC1=O.CNC. The van der Waals surface area contributed by atoms with Gasteiger partial charge in [0.05, 0.1) is 5.92 Å². The number of carbonyl (C=O) groups excluding carboxylic acids is 4. The molecule has 1 aromatic rings. The fourth-order valence-corrected chi connectivity index (χ4v) is 14.8. The second kappa shape index (κ2) is 19.4. The Morgan fingerprint density at radius 1 is 0.921 bits per heavy atom. The van der Waals surface area contributed by atoms with Crippen LogP contribution in [0.2, 0.25) is 5.02 Å². The van der Waals surface area contributed by atoms with Crippen LogP contribution in [0.3, 0.4) is 0 Å². The molecule has 0 saturated heterocycles. The number of amides is 2. The second-order valence-corrected chi connectivity index (χ2v) is 22.0. The molecule has 5 fully saturated rings. The first kappa shape index (κ1) is 49.3. The minimum atomic E-state index is -2.16. The van der Waals surface area contributed by atoms with Crippen LogP contribution in [0.15, 0.2) is 35.4 Å². The van der Waals surface area contributed by atoms with Crippen molar-refractivity contribution in [1.29, 1.82) is 0 Å². The predicted octanol–water partition coefficient (Wildman–Crippen LogP) is 7.97. The Morgan fingerprint density at radius 3 is 2.17 bits per heavy atom. The molecule has 12 heteroatoms. The monoisotopic (exact) mass is 893 g/mol. The molecule has 0 heterocycles. The molecular weight excluding hydrogens is 816 g/mol. The average Bonchev–Trinajstić information content (AvgIpc) is 3.53. The van der Waals surface area contributed by atoms with Crippen LogP contribution in [0.4, 0.5) is 0 Å². The quantitative estimate of drug-likeness (QED) is 0.101. The van der Waals surface area contributed by atoms with Gasteiger partial charge in [0.15, 0.2) is 5.78 Å². The maximum atomic E-state index is 14.1. The van der Waals surface area contributed by atoms with Crippen molar-refractivity contribution in [1.82, 2.24) is 16.0 Å². The number of fused-ring (bicyclic) bond motifs is 7. The van der Waals surface area contributed by atoms with Crippen molar-refractivity contribution in [2.24, 2.45) is 81.2 Å². The Kier molecular flexibility index (Phi) is 15.2. The smallest absolute Gasteiger partial charge is 0.306 e. The van der Waals surface area contributed by atoms with Gasteiger partial charge in [-0.05, 0) is 179 Å². The number of nitrogens with two attached hydrogens (primary N) is 1.